The van der Waals surface area contributed by atoms with E-state index in [0.29, 0.717) is 0 Å². The van der Waals surface area contributed by atoms with E-state index >= 15 is 0 Å². The minimum atomic E-state index is -0.205. The summed E-state index contributed by atoms with van der Waals surface area (Å²) < 4.78 is 15.0. The van der Waals surface area contributed by atoms with Crippen LogP contribution in [0.2, 0.25) is 0 Å². The maximum absolute atomic E-state index is 13.1. The van der Waals surface area contributed by atoms with Gasteiger partial charge < -0.3 is 0 Å². The molecule has 0 bridgehead atoms. The predicted octanol–water partition coefficient (Wildman–Crippen LogP) is 3.50. The first-order valence-electron chi connectivity index (χ1n) is 5.86. The van der Waals surface area contributed by atoms with Crippen LogP contribution in [0.4, 0.5) is 4.39 Å². The molecule has 17 heavy (non-hydrogen) atoms. The molecule has 0 aliphatic heterocycles. The first-order chi connectivity index (χ1) is 8.04. The van der Waals surface area contributed by atoms with Gasteiger partial charge in [-0.2, -0.15) is 5.10 Å². The average Bonchev–Trinajstić information content (AvgIpc) is 2.54. The second kappa shape index (κ2) is 4.32. The van der Waals surface area contributed by atoms with E-state index < -0.39 is 0 Å². The Morgan fingerprint density at radius 3 is 2.47 bits per heavy atom. The first-order valence-corrected chi connectivity index (χ1v) is 5.86. The molecule has 0 N–H and O–H groups in total. The standard InChI is InChI=1S/C14H17FN2/c1-5-13-10(3)16-17(11(13)4)14-7-6-12(15)8-9(14)2/h6-8H,5H2,1-4H3. The van der Waals surface area contributed by atoms with Gasteiger partial charge in [0.15, 0.2) is 0 Å². The highest BCUT2D eigenvalue weighted by Gasteiger charge is 2.12. The third kappa shape index (κ3) is 1.97. The second-order valence-electron chi connectivity index (χ2n) is 4.35. The van der Waals surface area contributed by atoms with Gasteiger partial charge in [-0.15, -0.1) is 0 Å². The lowest BCUT2D eigenvalue weighted by Gasteiger charge is -2.08. The molecule has 0 aliphatic rings. The summed E-state index contributed by atoms with van der Waals surface area (Å²) in [5.74, 6) is -0.205. The average molecular weight is 232 g/mol. The van der Waals surface area contributed by atoms with Crippen molar-refractivity contribution in [1.29, 1.82) is 0 Å². The predicted molar refractivity (Wildman–Crippen MR) is 67.1 cm³/mol. The summed E-state index contributed by atoms with van der Waals surface area (Å²) in [7, 11) is 0. The number of aryl methyl sites for hydroxylation is 2. The molecule has 2 nitrogen and oxygen atoms in total. The van der Waals surface area contributed by atoms with E-state index in [1.807, 2.05) is 18.5 Å². The summed E-state index contributed by atoms with van der Waals surface area (Å²) in [6.07, 6.45) is 0.970. The van der Waals surface area contributed by atoms with Gasteiger partial charge in [-0.05, 0) is 56.5 Å². The normalized spacial score (nSPS) is 10.9. The maximum atomic E-state index is 13.1. The van der Waals surface area contributed by atoms with Crippen LogP contribution in [0.3, 0.4) is 0 Å². The smallest absolute Gasteiger partial charge is 0.123 e. The molecule has 0 saturated heterocycles. The van der Waals surface area contributed by atoms with E-state index in [-0.39, 0.29) is 5.82 Å². The second-order valence-corrected chi connectivity index (χ2v) is 4.35. The van der Waals surface area contributed by atoms with Crippen molar-refractivity contribution in [1.82, 2.24) is 9.78 Å². The lowest BCUT2D eigenvalue weighted by Crippen LogP contribution is -2.02. The number of aromatic nitrogens is 2. The molecule has 2 rings (SSSR count). The molecule has 3 heteroatoms. The van der Waals surface area contributed by atoms with Crippen LogP contribution in [0.5, 0.6) is 0 Å². The number of benzene rings is 1. The molecule has 0 saturated carbocycles. The van der Waals surface area contributed by atoms with Crippen molar-refractivity contribution in [2.75, 3.05) is 0 Å². The van der Waals surface area contributed by atoms with Crippen LogP contribution in [-0.4, -0.2) is 9.78 Å². The molecule has 1 aromatic heterocycles. The van der Waals surface area contributed by atoms with E-state index in [1.165, 1.54) is 17.7 Å². The largest absolute Gasteiger partial charge is 0.237 e. The molecule has 90 valence electrons. The first kappa shape index (κ1) is 11.8. The van der Waals surface area contributed by atoms with E-state index in [0.717, 1.165) is 29.1 Å². The van der Waals surface area contributed by atoms with Crippen molar-refractivity contribution in [3.8, 4) is 5.69 Å². The van der Waals surface area contributed by atoms with Gasteiger partial charge in [-0.3, -0.25) is 0 Å². The van der Waals surface area contributed by atoms with Gasteiger partial charge in [0.2, 0.25) is 0 Å². The molecule has 1 heterocycles. The quantitative estimate of drug-likeness (QED) is 0.775. The molecule has 0 spiro atoms. The summed E-state index contributed by atoms with van der Waals surface area (Å²) in [4.78, 5) is 0. The molecule has 0 aliphatic carbocycles. The Morgan fingerprint density at radius 1 is 1.24 bits per heavy atom. The van der Waals surface area contributed by atoms with E-state index in [2.05, 4.69) is 18.9 Å². The summed E-state index contributed by atoms with van der Waals surface area (Å²) in [6, 6.07) is 4.80. The highest BCUT2D eigenvalue weighted by molar-refractivity contribution is 5.43. The molecule has 0 radical (unpaired) electrons. The molecule has 0 atom stereocenters. The SMILES string of the molecule is CCc1c(C)nn(-c2ccc(F)cc2C)c1C. The summed E-state index contributed by atoms with van der Waals surface area (Å²) in [6.45, 7) is 8.10. The minimum Gasteiger partial charge on any atom is -0.237 e. The molecule has 0 amide bonds. The Morgan fingerprint density at radius 2 is 1.94 bits per heavy atom. The molecule has 2 aromatic rings. The fourth-order valence-corrected chi connectivity index (χ4v) is 2.28. The van der Waals surface area contributed by atoms with Crippen LogP contribution in [0.1, 0.15) is 29.4 Å². The highest BCUT2D eigenvalue weighted by atomic mass is 19.1. The van der Waals surface area contributed by atoms with Gasteiger partial charge in [-0.1, -0.05) is 6.92 Å². The number of halogens is 1. The fourth-order valence-electron chi connectivity index (χ4n) is 2.28. The van der Waals surface area contributed by atoms with Crippen molar-refractivity contribution in [3.63, 3.8) is 0 Å². The monoisotopic (exact) mass is 232 g/mol. The van der Waals surface area contributed by atoms with Crippen molar-refractivity contribution >= 4 is 0 Å². The van der Waals surface area contributed by atoms with Crippen molar-refractivity contribution in [3.05, 3.63) is 46.5 Å². The Balaban J connectivity index is 2.61. The highest BCUT2D eigenvalue weighted by Crippen LogP contribution is 2.21. The third-order valence-corrected chi connectivity index (χ3v) is 3.18. The van der Waals surface area contributed by atoms with Gasteiger partial charge in [0, 0.05) is 5.69 Å². The third-order valence-electron chi connectivity index (χ3n) is 3.18. The Labute approximate surface area is 101 Å². The summed E-state index contributed by atoms with van der Waals surface area (Å²) in [5.41, 5.74) is 5.31. The van der Waals surface area contributed by atoms with Gasteiger partial charge in [0.25, 0.3) is 0 Å². The van der Waals surface area contributed by atoms with Crippen molar-refractivity contribution in [2.45, 2.75) is 34.1 Å². The molecule has 0 fully saturated rings. The van der Waals surface area contributed by atoms with Crippen molar-refractivity contribution in [2.24, 2.45) is 0 Å². The summed E-state index contributed by atoms with van der Waals surface area (Å²) in [5, 5.41) is 4.54. The Bertz CT molecular complexity index is 556. The van der Waals surface area contributed by atoms with Crippen LogP contribution in [0, 0.1) is 26.6 Å². The van der Waals surface area contributed by atoms with Crippen LogP contribution >= 0.6 is 0 Å². The Hall–Kier alpha value is -1.64. The molecular formula is C14H17FN2. The lowest BCUT2D eigenvalue weighted by molar-refractivity contribution is 0.625. The molecule has 1 aromatic carbocycles. The van der Waals surface area contributed by atoms with Gasteiger partial charge >= 0.3 is 0 Å². The van der Waals surface area contributed by atoms with E-state index in [9.17, 15) is 4.39 Å². The maximum Gasteiger partial charge on any atom is 0.123 e. The number of hydrogen-bond acceptors (Lipinski definition) is 1. The number of nitrogens with zero attached hydrogens (tertiary/aromatic N) is 2. The number of hydrogen-bond donors (Lipinski definition) is 0. The van der Waals surface area contributed by atoms with Crippen LogP contribution in [-0.2, 0) is 6.42 Å². The fraction of sp³-hybridized carbons (Fsp3) is 0.357. The Kier molecular flexibility index (Phi) is 3.01. The van der Waals surface area contributed by atoms with E-state index in [4.69, 9.17) is 0 Å². The van der Waals surface area contributed by atoms with Gasteiger partial charge in [-0.25, -0.2) is 9.07 Å². The zero-order valence-electron chi connectivity index (χ0n) is 10.7. The topological polar surface area (TPSA) is 17.8 Å². The lowest BCUT2D eigenvalue weighted by atomic mass is 10.1. The minimum absolute atomic E-state index is 0.205. The van der Waals surface area contributed by atoms with Crippen LogP contribution < -0.4 is 0 Å². The van der Waals surface area contributed by atoms with E-state index in [1.54, 1.807) is 6.07 Å². The zero-order valence-corrected chi connectivity index (χ0v) is 10.7. The van der Waals surface area contributed by atoms with Gasteiger partial charge in [0.1, 0.15) is 5.82 Å². The zero-order chi connectivity index (χ0) is 12.6. The number of rotatable bonds is 2. The van der Waals surface area contributed by atoms with Crippen molar-refractivity contribution < 1.29 is 4.39 Å². The van der Waals surface area contributed by atoms with Crippen LogP contribution in [0.25, 0.3) is 5.69 Å². The van der Waals surface area contributed by atoms with Crippen LogP contribution in [0.15, 0.2) is 18.2 Å². The molecule has 0 unspecified atom stereocenters. The molecular weight excluding hydrogens is 215 g/mol. The van der Waals surface area contributed by atoms with Gasteiger partial charge in [0.05, 0.1) is 11.4 Å². The summed E-state index contributed by atoms with van der Waals surface area (Å²) >= 11 is 0.